The molecule has 1 fully saturated rings. The van der Waals surface area contributed by atoms with E-state index in [2.05, 4.69) is 5.32 Å². The normalized spacial score (nSPS) is 20.7. The van der Waals surface area contributed by atoms with Gasteiger partial charge in [-0.2, -0.15) is 0 Å². The second kappa shape index (κ2) is 8.39. The summed E-state index contributed by atoms with van der Waals surface area (Å²) >= 11 is 0. The van der Waals surface area contributed by atoms with E-state index in [1.165, 1.54) is 12.0 Å². The molecule has 0 radical (unpaired) electrons. The number of carbonyl (C=O) groups is 3. The molecule has 3 atom stereocenters. The van der Waals surface area contributed by atoms with Crippen molar-refractivity contribution in [1.82, 2.24) is 10.2 Å². The number of rotatable bonds is 4. The monoisotopic (exact) mass is 378 g/mol. The third-order valence-corrected chi connectivity index (χ3v) is 4.07. The van der Waals surface area contributed by atoms with E-state index in [0.29, 0.717) is 5.56 Å². The van der Waals surface area contributed by atoms with E-state index < -0.39 is 41.8 Å². The van der Waals surface area contributed by atoms with Gasteiger partial charge in [0.05, 0.1) is 19.8 Å². The topological polar surface area (TPSA) is 105 Å². The van der Waals surface area contributed by atoms with Crippen molar-refractivity contribution in [2.24, 2.45) is 0 Å². The fourth-order valence-electron chi connectivity index (χ4n) is 2.86. The summed E-state index contributed by atoms with van der Waals surface area (Å²) in [4.78, 5) is 38.5. The van der Waals surface area contributed by atoms with Crippen molar-refractivity contribution in [1.29, 1.82) is 0 Å². The summed E-state index contributed by atoms with van der Waals surface area (Å²) in [6, 6.07) is 6.70. The number of hydrogen-bond acceptors (Lipinski definition) is 6. The van der Waals surface area contributed by atoms with Crippen LogP contribution in [0.15, 0.2) is 30.3 Å². The van der Waals surface area contributed by atoms with Gasteiger partial charge in [0, 0.05) is 6.42 Å². The lowest BCUT2D eigenvalue weighted by molar-refractivity contribution is -0.145. The van der Waals surface area contributed by atoms with Crippen LogP contribution in [-0.2, 0) is 19.1 Å². The molecule has 8 heteroatoms. The maximum absolute atomic E-state index is 12.8. The van der Waals surface area contributed by atoms with Crippen molar-refractivity contribution >= 4 is 18.0 Å². The van der Waals surface area contributed by atoms with Crippen molar-refractivity contribution in [3.05, 3.63) is 35.9 Å². The summed E-state index contributed by atoms with van der Waals surface area (Å²) in [5, 5.41) is 12.6. The number of carbonyl (C=O) groups excluding carboxylic acids is 3. The van der Waals surface area contributed by atoms with E-state index in [9.17, 15) is 19.5 Å². The Morgan fingerprint density at radius 1 is 1.22 bits per heavy atom. The summed E-state index contributed by atoms with van der Waals surface area (Å²) in [6.45, 7) is 5.14. The van der Waals surface area contributed by atoms with Gasteiger partial charge in [0.25, 0.3) is 0 Å². The number of benzene rings is 1. The van der Waals surface area contributed by atoms with Gasteiger partial charge in [-0.15, -0.1) is 0 Å². The van der Waals surface area contributed by atoms with Gasteiger partial charge >= 0.3 is 12.1 Å². The van der Waals surface area contributed by atoms with Gasteiger partial charge in [-0.05, 0) is 26.3 Å². The zero-order valence-corrected chi connectivity index (χ0v) is 16.0. The third kappa shape index (κ3) is 5.43. The molecular weight excluding hydrogens is 352 g/mol. The Balaban J connectivity index is 2.17. The Hall–Kier alpha value is -2.61. The molecule has 0 unspecified atom stereocenters. The molecule has 0 bridgehead atoms. The van der Waals surface area contributed by atoms with Gasteiger partial charge < -0.3 is 19.9 Å². The molecule has 2 N–H and O–H groups in total. The Labute approximate surface area is 158 Å². The molecule has 1 aliphatic rings. The summed E-state index contributed by atoms with van der Waals surface area (Å²) in [6.07, 6.45) is -1.47. The first-order valence-corrected chi connectivity index (χ1v) is 8.73. The van der Waals surface area contributed by atoms with E-state index in [4.69, 9.17) is 9.47 Å². The Morgan fingerprint density at radius 3 is 2.41 bits per heavy atom. The zero-order chi connectivity index (χ0) is 20.2. The Kier molecular flexibility index (Phi) is 6.43. The van der Waals surface area contributed by atoms with E-state index in [1.807, 2.05) is 0 Å². The molecule has 1 aromatic carbocycles. The minimum absolute atomic E-state index is 0.0127. The van der Waals surface area contributed by atoms with E-state index in [1.54, 1.807) is 51.1 Å². The Bertz CT molecular complexity index is 685. The van der Waals surface area contributed by atoms with Crippen molar-refractivity contribution in [2.45, 2.75) is 51.0 Å². The van der Waals surface area contributed by atoms with E-state index in [-0.39, 0.29) is 13.0 Å². The highest BCUT2D eigenvalue weighted by Gasteiger charge is 2.42. The lowest BCUT2D eigenvalue weighted by atomic mass is 10.1. The fourth-order valence-corrected chi connectivity index (χ4v) is 2.86. The van der Waals surface area contributed by atoms with Crippen LogP contribution in [0, 0.1) is 0 Å². The average molecular weight is 378 g/mol. The Morgan fingerprint density at radius 2 is 1.85 bits per heavy atom. The number of aliphatic hydroxyl groups is 1. The van der Waals surface area contributed by atoms with Crippen LogP contribution in [0.3, 0.4) is 0 Å². The van der Waals surface area contributed by atoms with Gasteiger partial charge in [-0.3, -0.25) is 9.69 Å². The van der Waals surface area contributed by atoms with E-state index in [0.717, 1.165) is 0 Å². The summed E-state index contributed by atoms with van der Waals surface area (Å²) in [5.74, 6) is -1.19. The number of hydrogen-bond donors (Lipinski definition) is 2. The molecule has 1 aromatic rings. The molecule has 1 heterocycles. The lowest BCUT2D eigenvalue weighted by Gasteiger charge is -2.28. The molecule has 1 aliphatic heterocycles. The smallest absolute Gasteiger partial charge is 0.411 e. The maximum Gasteiger partial charge on any atom is 0.411 e. The SMILES string of the molecule is COC(=O)[C@H](NC(=O)[C@@H]1C[C@@H](O)CN1C(=O)OC(C)(C)C)c1ccccc1. The third-order valence-electron chi connectivity index (χ3n) is 4.07. The first kappa shape index (κ1) is 20.7. The van der Waals surface area contributed by atoms with Crippen LogP contribution in [0.1, 0.15) is 38.8 Å². The number of β-amino-alcohol motifs (C(OH)–C–C–N with tert-alkyl or cyclic N) is 1. The predicted molar refractivity (Wildman–Crippen MR) is 96.7 cm³/mol. The first-order chi connectivity index (χ1) is 12.6. The molecule has 8 nitrogen and oxygen atoms in total. The van der Waals surface area contributed by atoms with Crippen LogP contribution < -0.4 is 5.32 Å². The van der Waals surface area contributed by atoms with Gasteiger partial charge in [0.2, 0.25) is 5.91 Å². The number of aliphatic hydroxyl groups excluding tert-OH is 1. The number of methoxy groups -OCH3 is 1. The van der Waals surface area contributed by atoms with Crippen molar-refractivity contribution < 1.29 is 29.0 Å². The molecule has 2 amide bonds. The molecule has 148 valence electrons. The number of ether oxygens (including phenoxy) is 2. The van der Waals surface area contributed by atoms with Crippen LogP contribution in [0.2, 0.25) is 0 Å². The largest absolute Gasteiger partial charge is 0.467 e. The van der Waals surface area contributed by atoms with Crippen molar-refractivity contribution in [3.8, 4) is 0 Å². The van der Waals surface area contributed by atoms with Crippen molar-refractivity contribution in [2.75, 3.05) is 13.7 Å². The molecule has 1 saturated heterocycles. The van der Waals surface area contributed by atoms with Crippen molar-refractivity contribution in [3.63, 3.8) is 0 Å². The number of nitrogens with zero attached hydrogens (tertiary/aromatic N) is 1. The number of esters is 1. The highest BCUT2D eigenvalue weighted by Crippen LogP contribution is 2.23. The number of amides is 2. The summed E-state index contributed by atoms with van der Waals surface area (Å²) < 4.78 is 10.1. The standard InChI is InChI=1S/C19H26N2O6/c1-19(2,3)27-18(25)21-11-13(22)10-14(21)16(23)20-15(17(24)26-4)12-8-6-5-7-9-12/h5-9,13-15,22H,10-11H2,1-4H3,(H,20,23)/t13-,14+,15-/m1/s1. The van der Waals surface area contributed by atoms with Gasteiger partial charge in [0.1, 0.15) is 11.6 Å². The second-order valence-corrected chi connectivity index (χ2v) is 7.41. The minimum Gasteiger partial charge on any atom is -0.467 e. The summed E-state index contributed by atoms with van der Waals surface area (Å²) in [7, 11) is 1.23. The highest BCUT2D eigenvalue weighted by molar-refractivity contribution is 5.90. The number of nitrogens with one attached hydrogen (secondary N) is 1. The molecule has 0 spiro atoms. The summed E-state index contributed by atoms with van der Waals surface area (Å²) in [5.41, 5.74) is -0.176. The predicted octanol–water partition coefficient (Wildman–Crippen LogP) is 1.39. The fraction of sp³-hybridized carbons (Fsp3) is 0.526. The molecule has 0 saturated carbocycles. The zero-order valence-electron chi connectivity index (χ0n) is 16.0. The molecule has 0 aliphatic carbocycles. The first-order valence-electron chi connectivity index (χ1n) is 8.73. The molecular formula is C19H26N2O6. The second-order valence-electron chi connectivity index (χ2n) is 7.41. The quantitative estimate of drug-likeness (QED) is 0.767. The van der Waals surface area contributed by atoms with Crippen LogP contribution in [-0.4, -0.2) is 59.4 Å². The van der Waals surface area contributed by atoms with Crippen LogP contribution >= 0.6 is 0 Å². The van der Waals surface area contributed by atoms with E-state index >= 15 is 0 Å². The van der Waals surface area contributed by atoms with Gasteiger partial charge in [-0.1, -0.05) is 30.3 Å². The van der Waals surface area contributed by atoms with Crippen LogP contribution in [0.5, 0.6) is 0 Å². The van der Waals surface area contributed by atoms with Gasteiger partial charge in [-0.25, -0.2) is 9.59 Å². The van der Waals surface area contributed by atoms with Crippen LogP contribution in [0.4, 0.5) is 4.79 Å². The lowest BCUT2D eigenvalue weighted by Crippen LogP contribution is -2.49. The van der Waals surface area contributed by atoms with Crippen LogP contribution in [0.25, 0.3) is 0 Å². The molecule has 2 rings (SSSR count). The average Bonchev–Trinajstić information content (AvgIpc) is 3.00. The highest BCUT2D eigenvalue weighted by atomic mass is 16.6. The molecule has 0 aromatic heterocycles. The molecule has 27 heavy (non-hydrogen) atoms. The van der Waals surface area contributed by atoms with Gasteiger partial charge in [0.15, 0.2) is 6.04 Å². The maximum atomic E-state index is 12.8. The minimum atomic E-state index is -1.01. The number of likely N-dealkylation sites (tertiary alicyclic amines) is 1.